The van der Waals surface area contributed by atoms with E-state index in [0.717, 1.165) is 47.0 Å². The summed E-state index contributed by atoms with van der Waals surface area (Å²) < 4.78 is 22.4. The number of benzene rings is 4. The Balaban J connectivity index is 1.42. The first kappa shape index (κ1) is 48.5. The summed E-state index contributed by atoms with van der Waals surface area (Å²) in [6, 6.07) is 34.2. The molecule has 0 aliphatic rings. The normalized spacial score (nSPS) is 10.9. The van der Waals surface area contributed by atoms with E-state index in [1.165, 1.54) is 0 Å². The average Bonchev–Trinajstić information content (AvgIpc) is 3.29. The average molecular weight is 905 g/mol. The van der Waals surface area contributed by atoms with Gasteiger partial charge in [-0.05, 0) is 0 Å². The number of hydrogen-bond acceptors (Lipinski definition) is 16. The molecule has 61 heavy (non-hydrogen) atoms. The first-order valence-electron chi connectivity index (χ1n) is 19.0. The van der Waals surface area contributed by atoms with Crippen LogP contribution < -0.4 is 0 Å². The molecule has 0 N–H and O–H groups in total. The highest BCUT2D eigenvalue weighted by molar-refractivity contribution is 8.14. The van der Waals surface area contributed by atoms with Gasteiger partial charge >= 0.3 is 23.9 Å². The van der Waals surface area contributed by atoms with E-state index in [1.54, 1.807) is 121 Å². The van der Waals surface area contributed by atoms with Crippen molar-refractivity contribution in [1.82, 2.24) is 0 Å². The molecule has 0 spiro atoms. The van der Waals surface area contributed by atoms with E-state index < -0.39 is 55.7 Å². The highest BCUT2D eigenvalue weighted by Gasteiger charge is 2.38. The van der Waals surface area contributed by atoms with Crippen molar-refractivity contribution in [3.8, 4) is 0 Å². The molecule has 0 saturated heterocycles. The SMILES string of the molecule is O=C(CCSC(=O)c1ccccc1)OCC(COC(=O)CCSC(=O)c1ccccc1)(COC(=O)CCSC(=O)c1ccccc1)COC(=O)CCSC(=O)c1ccccc1. The molecule has 0 radical (unpaired) electrons. The maximum Gasteiger partial charge on any atom is 0.306 e. The molecule has 0 atom stereocenters. The monoisotopic (exact) mass is 904 g/mol. The zero-order valence-electron chi connectivity index (χ0n) is 33.1. The number of rotatable bonds is 24. The Morgan fingerprint density at radius 1 is 0.328 bits per heavy atom. The number of carbonyl (C=O) groups is 8. The van der Waals surface area contributed by atoms with Gasteiger partial charge in [-0.15, -0.1) is 0 Å². The number of carbonyl (C=O) groups excluding carboxylic acids is 8. The molecule has 0 aliphatic heterocycles. The van der Waals surface area contributed by atoms with Crippen molar-refractivity contribution < 1.29 is 57.3 Å². The Bertz CT molecular complexity index is 1770. The van der Waals surface area contributed by atoms with E-state index in [2.05, 4.69) is 0 Å². The van der Waals surface area contributed by atoms with Gasteiger partial charge in [-0.1, -0.05) is 168 Å². The lowest BCUT2D eigenvalue weighted by molar-refractivity contribution is -0.170. The fourth-order valence-corrected chi connectivity index (χ4v) is 8.04. The second-order valence-corrected chi connectivity index (χ2v) is 17.4. The molecule has 4 aromatic carbocycles. The summed E-state index contributed by atoms with van der Waals surface area (Å²) in [5, 5.41) is -0.928. The smallest absolute Gasteiger partial charge is 0.306 e. The summed E-state index contributed by atoms with van der Waals surface area (Å²) in [5.41, 5.74) is 0.284. The minimum atomic E-state index is -1.60. The summed E-state index contributed by atoms with van der Waals surface area (Å²) in [4.78, 5) is 102. The maximum absolute atomic E-state index is 13.0. The molecule has 0 aliphatic carbocycles. The van der Waals surface area contributed by atoms with Crippen LogP contribution in [0, 0.1) is 5.41 Å². The Labute approximate surface area is 371 Å². The van der Waals surface area contributed by atoms with Gasteiger partial charge in [0.1, 0.15) is 31.8 Å². The molecule has 0 unspecified atom stereocenters. The van der Waals surface area contributed by atoms with E-state index in [9.17, 15) is 38.4 Å². The summed E-state index contributed by atoms with van der Waals surface area (Å²) in [6.07, 6.45) is -0.704. The van der Waals surface area contributed by atoms with Crippen LogP contribution in [-0.2, 0) is 38.1 Å². The summed E-state index contributed by atoms with van der Waals surface area (Å²) in [7, 11) is 0. The number of ether oxygens (including phenoxy) is 4. The lowest BCUT2D eigenvalue weighted by atomic mass is 9.92. The summed E-state index contributed by atoms with van der Waals surface area (Å²) >= 11 is 3.73. The minimum absolute atomic E-state index is 0.0939. The van der Waals surface area contributed by atoms with E-state index >= 15 is 0 Å². The highest BCUT2D eigenvalue weighted by Crippen LogP contribution is 2.24. The third-order valence-electron chi connectivity index (χ3n) is 8.35. The third kappa shape index (κ3) is 18.6. The van der Waals surface area contributed by atoms with Gasteiger partial charge in [0, 0.05) is 45.3 Å². The molecule has 4 aromatic rings. The van der Waals surface area contributed by atoms with Crippen molar-refractivity contribution in [2.75, 3.05) is 49.4 Å². The van der Waals surface area contributed by atoms with Gasteiger partial charge in [-0.2, -0.15) is 0 Å². The molecule has 12 nitrogen and oxygen atoms in total. The summed E-state index contributed by atoms with van der Waals surface area (Å²) in [5.74, 6) is -2.50. The second-order valence-electron chi connectivity index (χ2n) is 13.2. The second kappa shape index (κ2) is 26.9. The van der Waals surface area contributed by atoms with E-state index in [1.807, 2.05) is 0 Å². The quantitative estimate of drug-likeness (QED) is 0.0488. The molecule has 0 fully saturated rings. The first-order chi connectivity index (χ1) is 29.5. The Morgan fingerprint density at radius 3 is 0.721 bits per heavy atom. The predicted octanol–water partition coefficient (Wildman–Crippen LogP) is 8.00. The Hall–Kier alpha value is -5.16. The maximum atomic E-state index is 13.0. The van der Waals surface area contributed by atoms with Crippen LogP contribution >= 0.6 is 47.0 Å². The van der Waals surface area contributed by atoms with Crippen LogP contribution in [0.4, 0.5) is 0 Å². The molecule has 320 valence electrons. The third-order valence-corrected chi connectivity index (χ3v) is 12.0. The van der Waals surface area contributed by atoms with Gasteiger partial charge in [0.25, 0.3) is 0 Å². The fraction of sp³-hybridized carbons (Fsp3) is 0.289. The summed E-state index contributed by atoms with van der Waals surface area (Å²) in [6.45, 7) is -2.11. The van der Waals surface area contributed by atoms with Crippen molar-refractivity contribution in [2.45, 2.75) is 25.7 Å². The molecule has 0 heterocycles. The molecular formula is C45H44O12S4. The van der Waals surface area contributed by atoms with Crippen molar-refractivity contribution in [2.24, 2.45) is 5.41 Å². The van der Waals surface area contributed by atoms with Crippen molar-refractivity contribution in [3.63, 3.8) is 0 Å². The molecule has 4 rings (SSSR count). The highest BCUT2D eigenvalue weighted by atomic mass is 32.2. The topological polar surface area (TPSA) is 173 Å². The number of esters is 4. The molecular weight excluding hydrogens is 861 g/mol. The molecule has 0 amide bonds. The van der Waals surface area contributed by atoms with Gasteiger partial charge < -0.3 is 18.9 Å². The van der Waals surface area contributed by atoms with Crippen molar-refractivity contribution in [1.29, 1.82) is 0 Å². The minimum Gasteiger partial charge on any atom is -0.465 e. The molecule has 16 heteroatoms. The fourth-order valence-electron chi connectivity index (χ4n) is 5.01. The van der Waals surface area contributed by atoms with Gasteiger partial charge in [-0.25, -0.2) is 0 Å². The van der Waals surface area contributed by atoms with E-state index in [-0.39, 0.29) is 69.2 Å². The first-order valence-corrected chi connectivity index (χ1v) is 23.0. The van der Waals surface area contributed by atoms with Gasteiger partial charge in [0.05, 0.1) is 25.7 Å². The largest absolute Gasteiger partial charge is 0.465 e. The molecule has 0 aromatic heterocycles. The van der Waals surface area contributed by atoms with Crippen LogP contribution in [0.25, 0.3) is 0 Å². The lowest BCUT2D eigenvalue weighted by Gasteiger charge is -2.31. The lowest BCUT2D eigenvalue weighted by Crippen LogP contribution is -2.44. The van der Waals surface area contributed by atoms with Crippen LogP contribution in [0.5, 0.6) is 0 Å². The van der Waals surface area contributed by atoms with Crippen LogP contribution in [-0.4, -0.2) is 93.8 Å². The number of hydrogen-bond donors (Lipinski definition) is 0. The predicted molar refractivity (Wildman–Crippen MR) is 238 cm³/mol. The van der Waals surface area contributed by atoms with Gasteiger partial charge in [-0.3, -0.25) is 38.4 Å². The standard InChI is InChI=1S/C45H44O12S4/c46-37(21-25-58-41(50)33-13-5-1-6-14-33)54-29-45(30-55-38(47)22-26-59-42(51)34-15-7-2-8-16-34,31-56-39(48)23-27-60-43(52)35-17-9-3-10-18-35)32-57-40(49)24-28-61-44(53)36-19-11-4-12-20-36/h1-20H,21-32H2. The zero-order valence-corrected chi connectivity index (χ0v) is 36.3. The molecule has 0 saturated carbocycles. The van der Waals surface area contributed by atoms with E-state index in [4.69, 9.17) is 18.9 Å². The Kier molecular flexibility index (Phi) is 21.4. The van der Waals surface area contributed by atoms with Crippen LogP contribution in [0.1, 0.15) is 67.1 Å². The zero-order chi connectivity index (χ0) is 43.7. The molecule has 0 bridgehead atoms. The number of thioether (sulfide) groups is 4. The van der Waals surface area contributed by atoms with Crippen molar-refractivity contribution >= 4 is 91.4 Å². The van der Waals surface area contributed by atoms with Gasteiger partial charge in [0.2, 0.25) is 20.5 Å². The van der Waals surface area contributed by atoms with Gasteiger partial charge in [0.15, 0.2) is 0 Å². The van der Waals surface area contributed by atoms with Crippen LogP contribution in [0.2, 0.25) is 0 Å². The Morgan fingerprint density at radius 2 is 0.525 bits per heavy atom. The van der Waals surface area contributed by atoms with Crippen molar-refractivity contribution in [3.05, 3.63) is 144 Å². The van der Waals surface area contributed by atoms with Crippen LogP contribution in [0.15, 0.2) is 121 Å². The van der Waals surface area contributed by atoms with Crippen LogP contribution in [0.3, 0.4) is 0 Å². The van der Waals surface area contributed by atoms with E-state index in [0.29, 0.717) is 22.3 Å².